The van der Waals surface area contributed by atoms with Gasteiger partial charge in [0.25, 0.3) is 0 Å². The number of nitrogens with one attached hydrogen (secondary N) is 2. The molecule has 1 fully saturated rings. The quantitative estimate of drug-likeness (QED) is 0.831. The standard InChI is InChI=1S/C9H14ClN3S/c1-9(2-3-11-6-9)12-4-7-5-14-8(10)13-7/h5,11-12H,2-4,6H2,1H3. The van der Waals surface area contributed by atoms with Crippen molar-refractivity contribution in [2.24, 2.45) is 0 Å². The molecule has 1 aliphatic heterocycles. The van der Waals surface area contributed by atoms with Crippen LogP contribution in [0.2, 0.25) is 4.47 Å². The van der Waals surface area contributed by atoms with Gasteiger partial charge in [0, 0.05) is 24.0 Å². The lowest BCUT2D eigenvalue weighted by Crippen LogP contribution is -2.43. The van der Waals surface area contributed by atoms with E-state index in [1.54, 1.807) is 0 Å². The molecule has 1 aliphatic rings. The topological polar surface area (TPSA) is 37.0 Å². The summed E-state index contributed by atoms with van der Waals surface area (Å²) >= 11 is 7.24. The van der Waals surface area contributed by atoms with Crippen LogP contribution in [0, 0.1) is 0 Å². The summed E-state index contributed by atoms with van der Waals surface area (Å²) in [5.41, 5.74) is 1.25. The van der Waals surface area contributed by atoms with Gasteiger partial charge >= 0.3 is 0 Å². The first-order valence-electron chi connectivity index (χ1n) is 4.74. The zero-order valence-electron chi connectivity index (χ0n) is 8.14. The van der Waals surface area contributed by atoms with Gasteiger partial charge in [-0.05, 0) is 19.9 Å². The second-order valence-electron chi connectivity index (χ2n) is 3.93. The van der Waals surface area contributed by atoms with Crippen LogP contribution in [0.5, 0.6) is 0 Å². The fraction of sp³-hybridized carbons (Fsp3) is 0.667. The van der Waals surface area contributed by atoms with Gasteiger partial charge in [0.05, 0.1) is 5.69 Å². The van der Waals surface area contributed by atoms with Crippen molar-refractivity contribution in [3.8, 4) is 0 Å². The summed E-state index contributed by atoms with van der Waals surface area (Å²) in [6.45, 7) is 5.18. The summed E-state index contributed by atoms with van der Waals surface area (Å²) < 4.78 is 0.622. The van der Waals surface area contributed by atoms with Crippen LogP contribution in [-0.2, 0) is 6.54 Å². The van der Waals surface area contributed by atoms with Gasteiger partial charge in [-0.1, -0.05) is 11.6 Å². The molecule has 0 aromatic carbocycles. The summed E-state index contributed by atoms with van der Waals surface area (Å²) in [5, 5.41) is 8.86. The first-order valence-corrected chi connectivity index (χ1v) is 5.99. The maximum Gasteiger partial charge on any atom is 0.183 e. The number of hydrogen-bond acceptors (Lipinski definition) is 4. The molecule has 0 amide bonds. The van der Waals surface area contributed by atoms with E-state index in [0.717, 1.165) is 25.3 Å². The van der Waals surface area contributed by atoms with Gasteiger partial charge in [-0.3, -0.25) is 0 Å². The highest BCUT2D eigenvalue weighted by molar-refractivity contribution is 7.13. The largest absolute Gasteiger partial charge is 0.315 e. The van der Waals surface area contributed by atoms with Crippen LogP contribution in [0.3, 0.4) is 0 Å². The van der Waals surface area contributed by atoms with Crippen LogP contribution < -0.4 is 10.6 Å². The Labute approximate surface area is 92.9 Å². The van der Waals surface area contributed by atoms with E-state index in [1.807, 2.05) is 5.38 Å². The molecule has 1 atom stereocenters. The molecule has 3 nitrogen and oxygen atoms in total. The summed E-state index contributed by atoms with van der Waals surface area (Å²) in [7, 11) is 0. The fourth-order valence-electron chi connectivity index (χ4n) is 1.64. The molecule has 1 saturated heterocycles. The number of hydrogen-bond donors (Lipinski definition) is 2. The van der Waals surface area contributed by atoms with Crippen molar-refractivity contribution in [3.05, 3.63) is 15.5 Å². The molecule has 1 aromatic rings. The molecule has 0 radical (unpaired) electrons. The summed E-state index contributed by atoms with van der Waals surface area (Å²) in [6, 6.07) is 0. The Balaban J connectivity index is 1.87. The van der Waals surface area contributed by atoms with Gasteiger partial charge in [0.2, 0.25) is 0 Å². The SMILES string of the molecule is CC1(NCc2csc(Cl)n2)CCNC1. The van der Waals surface area contributed by atoms with Gasteiger partial charge in [-0.25, -0.2) is 4.98 Å². The van der Waals surface area contributed by atoms with E-state index in [0.29, 0.717) is 4.47 Å². The fourth-order valence-corrected chi connectivity index (χ4v) is 2.42. The van der Waals surface area contributed by atoms with E-state index >= 15 is 0 Å². The van der Waals surface area contributed by atoms with Crippen molar-refractivity contribution in [3.63, 3.8) is 0 Å². The van der Waals surface area contributed by atoms with E-state index in [9.17, 15) is 0 Å². The second-order valence-corrected chi connectivity index (χ2v) is 5.37. The van der Waals surface area contributed by atoms with Crippen molar-refractivity contribution in [2.75, 3.05) is 13.1 Å². The molecule has 0 bridgehead atoms. The predicted octanol–water partition coefficient (Wildman–Crippen LogP) is 1.64. The van der Waals surface area contributed by atoms with Crippen molar-refractivity contribution in [1.29, 1.82) is 0 Å². The summed E-state index contributed by atoms with van der Waals surface area (Å²) in [6.07, 6.45) is 1.17. The number of halogens is 1. The summed E-state index contributed by atoms with van der Waals surface area (Å²) in [5.74, 6) is 0. The number of nitrogens with zero attached hydrogens (tertiary/aromatic N) is 1. The molecular formula is C9H14ClN3S. The molecule has 0 spiro atoms. The highest BCUT2D eigenvalue weighted by Crippen LogP contribution is 2.17. The Bertz CT molecular complexity index is 307. The smallest absolute Gasteiger partial charge is 0.183 e. The van der Waals surface area contributed by atoms with Crippen molar-refractivity contribution in [2.45, 2.75) is 25.4 Å². The first-order chi connectivity index (χ1) is 6.68. The van der Waals surface area contributed by atoms with Crippen molar-refractivity contribution in [1.82, 2.24) is 15.6 Å². The molecule has 2 rings (SSSR count). The van der Waals surface area contributed by atoms with Gasteiger partial charge in [-0.2, -0.15) is 0 Å². The molecule has 0 saturated carbocycles. The Morgan fingerprint density at radius 3 is 3.21 bits per heavy atom. The average Bonchev–Trinajstić information content (AvgIpc) is 2.73. The van der Waals surface area contributed by atoms with Gasteiger partial charge in [-0.15, -0.1) is 11.3 Å². The Kier molecular flexibility index (Phi) is 3.07. The van der Waals surface area contributed by atoms with Gasteiger partial charge < -0.3 is 10.6 Å². The maximum absolute atomic E-state index is 5.76. The van der Waals surface area contributed by atoms with Crippen LogP contribution in [0.25, 0.3) is 0 Å². The van der Waals surface area contributed by atoms with Crippen LogP contribution in [0.4, 0.5) is 0 Å². The maximum atomic E-state index is 5.76. The van der Waals surface area contributed by atoms with Gasteiger partial charge in [0.1, 0.15) is 0 Å². The monoisotopic (exact) mass is 231 g/mol. The zero-order valence-corrected chi connectivity index (χ0v) is 9.71. The predicted molar refractivity (Wildman–Crippen MR) is 59.9 cm³/mol. The van der Waals surface area contributed by atoms with E-state index in [2.05, 4.69) is 22.5 Å². The molecule has 1 aromatic heterocycles. The molecule has 1 unspecified atom stereocenters. The van der Waals surface area contributed by atoms with Crippen molar-refractivity contribution >= 4 is 22.9 Å². The molecule has 2 heterocycles. The third kappa shape index (κ3) is 2.45. The highest BCUT2D eigenvalue weighted by atomic mass is 35.5. The van der Waals surface area contributed by atoms with E-state index in [4.69, 9.17) is 11.6 Å². The van der Waals surface area contributed by atoms with Crippen molar-refractivity contribution < 1.29 is 0 Å². The molecule has 5 heteroatoms. The average molecular weight is 232 g/mol. The minimum Gasteiger partial charge on any atom is -0.315 e. The highest BCUT2D eigenvalue weighted by Gasteiger charge is 2.27. The molecule has 2 N–H and O–H groups in total. The molecular weight excluding hydrogens is 218 g/mol. The first kappa shape index (κ1) is 10.4. The van der Waals surface area contributed by atoms with Crippen LogP contribution in [0.1, 0.15) is 19.0 Å². The molecule has 78 valence electrons. The lowest BCUT2D eigenvalue weighted by molar-refractivity contribution is 0.384. The van der Waals surface area contributed by atoms with E-state index < -0.39 is 0 Å². The normalized spacial score (nSPS) is 27.0. The third-order valence-corrected chi connectivity index (χ3v) is 3.62. The number of rotatable bonds is 3. The van der Waals surface area contributed by atoms with E-state index in [1.165, 1.54) is 17.8 Å². The summed E-state index contributed by atoms with van der Waals surface area (Å²) in [4.78, 5) is 4.20. The van der Waals surface area contributed by atoms with Crippen LogP contribution >= 0.6 is 22.9 Å². The molecule has 14 heavy (non-hydrogen) atoms. The number of aromatic nitrogens is 1. The van der Waals surface area contributed by atoms with E-state index in [-0.39, 0.29) is 5.54 Å². The Hall–Kier alpha value is -0.160. The van der Waals surface area contributed by atoms with Crippen LogP contribution in [-0.4, -0.2) is 23.6 Å². The minimum absolute atomic E-state index is 0.218. The Morgan fingerprint density at radius 2 is 2.64 bits per heavy atom. The van der Waals surface area contributed by atoms with Gasteiger partial charge in [0.15, 0.2) is 4.47 Å². The zero-order chi connectivity index (χ0) is 10.0. The molecule has 0 aliphatic carbocycles. The number of thiazole rings is 1. The minimum atomic E-state index is 0.218. The Morgan fingerprint density at radius 1 is 1.79 bits per heavy atom. The second kappa shape index (κ2) is 4.14. The third-order valence-electron chi connectivity index (χ3n) is 2.59. The van der Waals surface area contributed by atoms with Crippen LogP contribution in [0.15, 0.2) is 5.38 Å². The lowest BCUT2D eigenvalue weighted by Gasteiger charge is -2.23. The lowest BCUT2D eigenvalue weighted by atomic mass is 10.0.